The summed E-state index contributed by atoms with van der Waals surface area (Å²) in [4.78, 5) is 38.2. The van der Waals surface area contributed by atoms with Crippen molar-refractivity contribution in [2.75, 3.05) is 13.2 Å². The van der Waals surface area contributed by atoms with Crippen molar-refractivity contribution in [2.45, 2.75) is 277 Å². The van der Waals surface area contributed by atoms with Crippen LogP contribution in [0.1, 0.15) is 271 Å². The van der Waals surface area contributed by atoms with Crippen molar-refractivity contribution in [2.24, 2.45) is 0 Å². The molecular weight excluding hydrogens is 937 g/mol. The number of allylic oxidation sites excluding steroid dienone is 22. The lowest BCUT2D eigenvalue weighted by atomic mass is 10.1. The molecule has 6 heteroatoms. The van der Waals surface area contributed by atoms with Crippen LogP contribution in [0.25, 0.3) is 0 Å². The molecule has 0 N–H and O–H groups in total. The van der Waals surface area contributed by atoms with Gasteiger partial charge in [0.1, 0.15) is 13.2 Å². The largest absolute Gasteiger partial charge is 0.462 e. The monoisotopic (exact) mass is 1050 g/mol. The van der Waals surface area contributed by atoms with Crippen molar-refractivity contribution >= 4 is 17.9 Å². The summed E-state index contributed by atoms with van der Waals surface area (Å²) in [5.41, 5.74) is 0. The van der Waals surface area contributed by atoms with Gasteiger partial charge in [0.2, 0.25) is 0 Å². The minimum Gasteiger partial charge on any atom is -0.462 e. The average molecular weight is 1050 g/mol. The lowest BCUT2D eigenvalue weighted by molar-refractivity contribution is -0.167. The number of unbranched alkanes of at least 4 members (excludes halogenated alkanes) is 22. The molecule has 76 heavy (non-hydrogen) atoms. The number of rotatable bonds is 55. The minimum absolute atomic E-state index is 0.103. The highest BCUT2D eigenvalue weighted by Crippen LogP contribution is 2.14. The molecule has 0 amide bonds. The summed E-state index contributed by atoms with van der Waals surface area (Å²) in [6, 6.07) is 0. The molecule has 0 aromatic heterocycles. The van der Waals surface area contributed by atoms with Gasteiger partial charge in [-0.15, -0.1) is 0 Å². The van der Waals surface area contributed by atoms with Crippen molar-refractivity contribution < 1.29 is 28.6 Å². The molecule has 0 aliphatic rings. The van der Waals surface area contributed by atoms with Crippen LogP contribution < -0.4 is 0 Å². The Morgan fingerprint density at radius 1 is 0.276 bits per heavy atom. The van der Waals surface area contributed by atoms with Crippen LogP contribution >= 0.6 is 0 Å². The topological polar surface area (TPSA) is 78.9 Å². The van der Waals surface area contributed by atoms with Crippen LogP contribution in [-0.4, -0.2) is 37.2 Å². The summed E-state index contributed by atoms with van der Waals surface area (Å²) >= 11 is 0. The fourth-order valence-corrected chi connectivity index (χ4v) is 8.25. The van der Waals surface area contributed by atoms with Gasteiger partial charge in [-0.1, -0.05) is 251 Å². The first-order valence-electron chi connectivity index (χ1n) is 31.2. The molecule has 0 aromatic carbocycles. The van der Waals surface area contributed by atoms with Crippen molar-refractivity contribution in [1.29, 1.82) is 0 Å². The van der Waals surface area contributed by atoms with Gasteiger partial charge in [0, 0.05) is 19.3 Å². The summed E-state index contributed by atoms with van der Waals surface area (Å²) in [7, 11) is 0. The summed E-state index contributed by atoms with van der Waals surface area (Å²) < 4.78 is 16.9. The summed E-state index contributed by atoms with van der Waals surface area (Å²) in [5, 5.41) is 0. The zero-order valence-electron chi connectivity index (χ0n) is 49.2. The van der Waals surface area contributed by atoms with E-state index in [1.54, 1.807) is 0 Å². The molecule has 430 valence electrons. The maximum absolute atomic E-state index is 12.9. The Labute approximate surface area is 468 Å². The lowest BCUT2D eigenvalue weighted by Gasteiger charge is -2.18. The maximum atomic E-state index is 12.9. The summed E-state index contributed by atoms with van der Waals surface area (Å²) in [5.74, 6) is -0.954. The van der Waals surface area contributed by atoms with Crippen LogP contribution in [0.15, 0.2) is 134 Å². The minimum atomic E-state index is -0.806. The van der Waals surface area contributed by atoms with Gasteiger partial charge in [0.15, 0.2) is 6.10 Å². The maximum Gasteiger partial charge on any atom is 0.306 e. The second-order valence-electron chi connectivity index (χ2n) is 20.2. The first-order chi connectivity index (χ1) is 37.5. The van der Waals surface area contributed by atoms with E-state index in [4.69, 9.17) is 14.2 Å². The van der Waals surface area contributed by atoms with Gasteiger partial charge in [-0.2, -0.15) is 0 Å². The van der Waals surface area contributed by atoms with E-state index in [0.717, 1.165) is 148 Å². The molecule has 0 rings (SSSR count). The molecule has 1 unspecified atom stereocenters. The zero-order chi connectivity index (χ0) is 55.0. The van der Waals surface area contributed by atoms with Crippen LogP contribution in [0.3, 0.4) is 0 Å². The first-order valence-corrected chi connectivity index (χ1v) is 31.2. The molecule has 0 aromatic rings. The Morgan fingerprint density at radius 3 is 0.829 bits per heavy atom. The molecule has 1 atom stereocenters. The van der Waals surface area contributed by atoms with E-state index < -0.39 is 6.10 Å². The fourth-order valence-electron chi connectivity index (χ4n) is 8.25. The summed E-state index contributed by atoms with van der Waals surface area (Å²) in [6.45, 7) is 6.37. The Balaban J connectivity index is 4.41. The van der Waals surface area contributed by atoms with Gasteiger partial charge >= 0.3 is 17.9 Å². The lowest BCUT2D eigenvalue weighted by Crippen LogP contribution is -2.30. The second kappa shape index (κ2) is 63.1. The SMILES string of the molecule is CC/C=C\C/C=C\C/C=C\C/C=C\C/C=C\C/C=C\C/C=C\CCCCCCCC(=O)OCC(COC(=O)CCCCC/C=C\C/C=C\C/C=C\CC)OC(=O)CCCCCCCCC/C=C\CCCCCCCCC. The Bertz CT molecular complexity index is 1630. The van der Waals surface area contributed by atoms with E-state index in [9.17, 15) is 14.4 Å². The Morgan fingerprint density at radius 2 is 0.513 bits per heavy atom. The number of ether oxygens (including phenoxy) is 3. The van der Waals surface area contributed by atoms with E-state index in [-0.39, 0.29) is 31.1 Å². The van der Waals surface area contributed by atoms with Gasteiger partial charge in [0.05, 0.1) is 0 Å². The molecule has 0 saturated heterocycles. The van der Waals surface area contributed by atoms with Crippen LogP contribution in [0.5, 0.6) is 0 Å². The number of esters is 3. The molecule has 0 radical (unpaired) electrons. The fraction of sp³-hybridized carbons (Fsp3) is 0.643. The summed E-state index contributed by atoms with van der Waals surface area (Å²) in [6.07, 6.45) is 88.8. The van der Waals surface area contributed by atoms with Crippen molar-refractivity contribution in [3.63, 3.8) is 0 Å². The Hall–Kier alpha value is -4.45. The standard InChI is InChI=1S/C70H114O6/c1-4-7-10-13-16-19-22-25-27-29-31-32-33-34-35-36-37-38-39-41-42-45-48-51-54-57-60-63-69(72)75-66-67(65-74-68(71)62-59-56-53-50-47-44-24-21-18-15-12-9-6-3)76-70(73)64-61-58-55-52-49-46-43-40-30-28-26-23-20-17-14-11-8-5-2/h7,9-10,12,16,18-19,21,25,27-28,30-32,34-35,37-38,41-42,44,47,67H,4-6,8,11,13-15,17,20,22-24,26,29,33,36,39-40,43,45-46,48-66H2,1-3H3/b10-7-,12-9-,19-16-,21-18-,27-25-,30-28-,32-31-,35-34-,38-37-,42-41-,47-44-. The van der Waals surface area contributed by atoms with Gasteiger partial charge in [-0.25, -0.2) is 0 Å². The molecule has 0 saturated carbocycles. The van der Waals surface area contributed by atoms with Gasteiger partial charge in [-0.3, -0.25) is 14.4 Å². The average Bonchev–Trinajstić information content (AvgIpc) is 3.42. The highest BCUT2D eigenvalue weighted by molar-refractivity contribution is 5.71. The molecular formula is C70H114O6. The third-order valence-corrected chi connectivity index (χ3v) is 12.9. The zero-order valence-corrected chi connectivity index (χ0v) is 49.2. The van der Waals surface area contributed by atoms with Crippen molar-refractivity contribution in [3.8, 4) is 0 Å². The van der Waals surface area contributed by atoms with E-state index in [1.807, 2.05) is 0 Å². The quantitative estimate of drug-likeness (QED) is 0.0261. The van der Waals surface area contributed by atoms with E-state index >= 15 is 0 Å². The third-order valence-electron chi connectivity index (χ3n) is 12.9. The highest BCUT2D eigenvalue weighted by Gasteiger charge is 2.19. The number of carbonyl (C=O) groups is 3. The number of carbonyl (C=O) groups excluding carboxylic acids is 3. The van der Waals surface area contributed by atoms with Crippen molar-refractivity contribution in [1.82, 2.24) is 0 Å². The molecule has 0 fully saturated rings. The predicted octanol–water partition coefficient (Wildman–Crippen LogP) is 21.4. The first kappa shape index (κ1) is 71.5. The van der Waals surface area contributed by atoms with E-state index in [0.29, 0.717) is 19.3 Å². The van der Waals surface area contributed by atoms with Crippen LogP contribution in [0.4, 0.5) is 0 Å². The highest BCUT2D eigenvalue weighted by atomic mass is 16.6. The molecule has 0 aliphatic heterocycles. The van der Waals surface area contributed by atoms with Crippen LogP contribution in [0.2, 0.25) is 0 Å². The predicted molar refractivity (Wildman–Crippen MR) is 329 cm³/mol. The van der Waals surface area contributed by atoms with E-state index in [1.165, 1.54) is 83.5 Å². The molecule has 0 spiro atoms. The molecule has 0 heterocycles. The Kier molecular flexibility index (Phi) is 59.4. The van der Waals surface area contributed by atoms with Crippen LogP contribution in [0, 0.1) is 0 Å². The van der Waals surface area contributed by atoms with E-state index in [2.05, 4.69) is 154 Å². The normalized spacial score (nSPS) is 13.0. The second-order valence-corrected chi connectivity index (χ2v) is 20.2. The smallest absolute Gasteiger partial charge is 0.306 e. The number of hydrogen-bond donors (Lipinski definition) is 0. The molecule has 0 bridgehead atoms. The molecule has 0 aliphatic carbocycles. The van der Waals surface area contributed by atoms with Crippen molar-refractivity contribution in [3.05, 3.63) is 134 Å². The number of hydrogen-bond acceptors (Lipinski definition) is 6. The third kappa shape index (κ3) is 60.4. The van der Waals surface area contributed by atoms with Gasteiger partial charge in [0.25, 0.3) is 0 Å². The molecule has 6 nitrogen and oxygen atoms in total. The van der Waals surface area contributed by atoms with Gasteiger partial charge < -0.3 is 14.2 Å². The van der Waals surface area contributed by atoms with Gasteiger partial charge in [-0.05, 0) is 135 Å². The van der Waals surface area contributed by atoms with Crippen LogP contribution in [-0.2, 0) is 28.6 Å².